The van der Waals surface area contributed by atoms with Crippen molar-refractivity contribution in [2.45, 2.75) is 12.6 Å². The lowest BCUT2D eigenvalue weighted by atomic mass is 10.2. The Hall–Kier alpha value is -2.48. The van der Waals surface area contributed by atoms with E-state index in [4.69, 9.17) is 19.7 Å². The first-order valence-electron chi connectivity index (χ1n) is 5.86. The molecule has 0 aromatic heterocycles. The molecule has 1 aromatic rings. The van der Waals surface area contributed by atoms with Gasteiger partial charge in [-0.1, -0.05) is 6.07 Å². The predicted molar refractivity (Wildman–Crippen MR) is 66.4 cm³/mol. The van der Waals surface area contributed by atoms with Crippen LogP contribution in [0.1, 0.15) is 5.56 Å². The first-order valence-corrected chi connectivity index (χ1v) is 5.86. The number of aliphatic hydroxyl groups is 1. The number of carbonyl (C=O) groups is 2. The molecule has 0 aliphatic carbocycles. The monoisotopic (exact) mass is 282 g/mol. The third-order valence-corrected chi connectivity index (χ3v) is 2.68. The second kappa shape index (κ2) is 6.11. The number of carboxylic acids is 1. The molecule has 0 radical (unpaired) electrons. The van der Waals surface area contributed by atoms with Crippen LogP contribution < -0.4 is 20.1 Å². The number of urea groups is 1. The molecule has 4 N–H and O–H groups in total. The summed E-state index contributed by atoms with van der Waals surface area (Å²) in [7, 11) is 0. The summed E-state index contributed by atoms with van der Waals surface area (Å²) in [6, 6.07) is 3.21. The molecule has 0 bridgehead atoms. The van der Waals surface area contributed by atoms with Crippen molar-refractivity contribution in [2.24, 2.45) is 0 Å². The molecule has 8 nitrogen and oxygen atoms in total. The Kier molecular flexibility index (Phi) is 4.26. The molecule has 1 atom stereocenters. The van der Waals surface area contributed by atoms with Crippen molar-refractivity contribution in [1.82, 2.24) is 10.6 Å². The zero-order chi connectivity index (χ0) is 14.5. The molecule has 1 unspecified atom stereocenters. The SMILES string of the molecule is O=C(NCc1ccc2c(c1)OCO2)NC(CO)C(=O)O. The molecule has 0 saturated carbocycles. The number of nitrogens with one attached hydrogen (secondary N) is 2. The van der Waals surface area contributed by atoms with Gasteiger partial charge in [0.15, 0.2) is 17.5 Å². The lowest BCUT2D eigenvalue weighted by molar-refractivity contribution is -0.140. The van der Waals surface area contributed by atoms with Gasteiger partial charge in [0.25, 0.3) is 0 Å². The number of hydrogen-bond donors (Lipinski definition) is 4. The summed E-state index contributed by atoms with van der Waals surface area (Å²) < 4.78 is 10.4. The molecule has 2 amide bonds. The average Bonchev–Trinajstić information content (AvgIpc) is 2.89. The summed E-state index contributed by atoms with van der Waals surface area (Å²) in [4.78, 5) is 22.1. The summed E-state index contributed by atoms with van der Waals surface area (Å²) in [6.45, 7) is -0.309. The van der Waals surface area contributed by atoms with Crippen LogP contribution in [0.3, 0.4) is 0 Å². The maximum Gasteiger partial charge on any atom is 0.328 e. The van der Waals surface area contributed by atoms with Crippen LogP contribution in [-0.2, 0) is 11.3 Å². The van der Waals surface area contributed by atoms with Crippen LogP contribution >= 0.6 is 0 Å². The Bertz CT molecular complexity index is 519. The minimum Gasteiger partial charge on any atom is -0.480 e. The molecule has 0 spiro atoms. The number of hydrogen-bond acceptors (Lipinski definition) is 5. The van der Waals surface area contributed by atoms with Crippen LogP contribution in [0.5, 0.6) is 11.5 Å². The highest BCUT2D eigenvalue weighted by atomic mass is 16.7. The fourth-order valence-electron chi connectivity index (χ4n) is 1.63. The van der Waals surface area contributed by atoms with Crippen LogP contribution in [-0.4, -0.2) is 41.7 Å². The molecule has 0 saturated heterocycles. The second-order valence-electron chi connectivity index (χ2n) is 4.09. The van der Waals surface area contributed by atoms with Crippen LogP contribution in [0.25, 0.3) is 0 Å². The molecule has 1 aliphatic rings. The van der Waals surface area contributed by atoms with Crippen molar-refractivity contribution in [1.29, 1.82) is 0 Å². The van der Waals surface area contributed by atoms with Gasteiger partial charge < -0.3 is 30.3 Å². The lowest BCUT2D eigenvalue weighted by Crippen LogP contribution is -2.47. The lowest BCUT2D eigenvalue weighted by Gasteiger charge is -2.12. The molecular weight excluding hydrogens is 268 g/mol. The molecule has 20 heavy (non-hydrogen) atoms. The highest BCUT2D eigenvalue weighted by molar-refractivity contribution is 5.82. The topological polar surface area (TPSA) is 117 Å². The Labute approximate surface area is 114 Å². The number of benzene rings is 1. The van der Waals surface area contributed by atoms with Gasteiger partial charge in [-0.25, -0.2) is 9.59 Å². The van der Waals surface area contributed by atoms with E-state index in [2.05, 4.69) is 10.6 Å². The standard InChI is InChI=1S/C12H14N2O6/c15-5-8(11(16)17)14-12(18)13-4-7-1-2-9-10(3-7)20-6-19-9/h1-3,8,15H,4-6H2,(H,16,17)(H2,13,14,18). The van der Waals surface area contributed by atoms with E-state index in [9.17, 15) is 9.59 Å². The molecular formula is C12H14N2O6. The molecule has 0 fully saturated rings. The number of aliphatic carboxylic acids is 1. The highest BCUT2D eigenvalue weighted by Gasteiger charge is 2.18. The number of ether oxygens (including phenoxy) is 2. The first-order chi connectivity index (χ1) is 9.60. The summed E-state index contributed by atoms with van der Waals surface area (Å²) in [6.07, 6.45) is 0. The van der Waals surface area contributed by atoms with Crippen LogP contribution in [0.4, 0.5) is 4.79 Å². The van der Waals surface area contributed by atoms with Crippen molar-refractivity contribution < 1.29 is 29.3 Å². The van der Waals surface area contributed by atoms with E-state index in [1.54, 1.807) is 18.2 Å². The molecule has 1 aromatic carbocycles. The summed E-state index contributed by atoms with van der Waals surface area (Å²) in [5.74, 6) is -0.0568. The van der Waals surface area contributed by atoms with Crippen molar-refractivity contribution in [3.8, 4) is 11.5 Å². The fourth-order valence-corrected chi connectivity index (χ4v) is 1.63. The van der Waals surface area contributed by atoms with Crippen molar-refractivity contribution in [3.05, 3.63) is 23.8 Å². The number of carbonyl (C=O) groups excluding carboxylic acids is 1. The number of carboxylic acid groups (broad SMARTS) is 1. The number of aliphatic hydroxyl groups excluding tert-OH is 1. The Morgan fingerprint density at radius 2 is 2.05 bits per heavy atom. The number of fused-ring (bicyclic) bond motifs is 1. The van der Waals surface area contributed by atoms with Crippen molar-refractivity contribution in [3.63, 3.8) is 0 Å². The third kappa shape index (κ3) is 3.29. The van der Waals surface area contributed by atoms with Gasteiger partial charge in [0.1, 0.15) is 0 Å². The van der Waals surface area contributed by atoms with E-state index in [1.165, 1.54) is 0 Å². The maximum atomic E-state index is 11.5. The minimum atomic E-state index is -1.33. The van der Waals surface area contributed by atoms with Gasteiger partial charge in [0.05, 0.1) is 6.61 Å². The summed E-state index contributed by atoms with van der Waals surface area (Å²) in [5, 5.41) is 22.1. The smallest absolute Gasteiger partial charge is 0.328 e. The normalized spacial score (nSPS) is 13.7. The Balaban J connectivity index is 1.85. The van der Waals surface area contributed by atoms with E-state index in [0.29, 0.717) is 11.5 Å². The third-order valence-electron chi connectivity index (χ3n) is 2.68. The largest absolute Gasteiger partial charge is 0.480 e. The van der Waals surface area contributed by atoms with E-state index < -0.39 is 24.6 Å². The second-order valence-corrected chi connectivity index (χ2v) is 4.09. The number of amides is 2. The van der Waals surface area contributed by atoms with Gasteiger partial charge in [-0.3, -0.25) is 0 Å². The van der Waals surface area contributed by atoms with E-state index in [1.807, 2.05) is 0 Å². The van der Waals surface area contributed by atoms with Gasteiger partial charge in [-0.2, -0.15) is 0 Å². The zero-order valence-corrected chi connectivity index (χ0v) is 10.5. The van der Waals surface area contributed by atoms with Gasteiger partial charge in [0.2, 0.25) is 6.79 Å². The molecule has 108 valence electrons. The van der Waals surface area contributed by atoms with E-state index in [0.717, 1.165) is 5.56 Å². The van der Waals surface area contributed by atoms with E-state index in [-0.39, 0.29) is 13.3 Å². The van der Waals surface area contributed by atoms with Crippen LogP contribution in [0.2, 0.25) is 0 Å². The van der Waals surface area contributed by atoms with Gasteiger partial charge in [-0.15, -0.1) is 0 Å². The maximum absolute atomic E-state index is 11.5. The van der Waals surface area contributed by atoms with Gasteiger partial charge in [-0.05, 0) is 17.7 Å². The minimum absolute atomic E-state index is 0.170. The molecule has 1 heterocycles. The van der Waals surface area contributed by atoms with Crippen LogP contribution in [0, 0.1) is 0 Å². The quantitative estimate of drug-likeness (QED) is 0.587. The Morgan fingerprint density at radius 3 is 2.75 bits per heavy atom. The van der Waals surface area contributed by atoms with Crippen molar-refractivity contribution >= 4 is 12.0 Å². The van der Waals surface area contributed by atoms with Gasteiger partial charge in [0, 0.05) is 6.54 Å². The predicted octanol–water partition coefficient (Wildman–Crippen LogP) is -0.340. The van der Waals surface area contributed by atoms with Gasteiger partial charge >= 0.3 is 12.0 Å². The first kappa shape index (κ1) is 13.9. The molecule has 1 aliphatic heterocycles. The highest BCUT2D eigenvalue weighted by Crippen LogP contribution is 2.32. The molecule has 2 rings (SSSR count). The zero-order valence-electron chi connectivity index (χ0n) is 10.5. The summed E-state index contributed by atoms with van der Waals surface area (Å²) in [5.41, 5.74) is 0.778. The van der Waals surface area contributed by atoms with Crippen LogP contribution in [0.15, 0.2) is 18.2 Å². The Morgan fingerprint density at radius 1 is 1.30 bits per heavy atom. The average molecular weight is 282 g/mol. The molecule has 8 heteroatoms. The van der Waals surface area contributed by atoms with E-state index >= 15 is 0 Å². The number of rotatable bonds is 5. The summed E-state index contributed by atoms with van der Waals surface area (Å²) >= 11 is 0. The fraction of sp³-hybridized carbons (Fsp3) is 0.333. The van der Waals surface area contributed by atoms with Crippen molar-refractivity contribution in [2.75, 3.05) is 13.4 Å².